The van der Waals surface area contributed by atoms with Gasteiger partial charge < -0.3 is 15.0 Å². The summed E-state index contributed by atoms with van der Waals surface area (Å²) in [7, 11) is -2.43. The van der Waals surface area contributed by atoms with E-state index in [4.69, 9.17) is 4.74 Å². The zero-order valence-corrected chi connectivity index (χ0v) is 18.9. The lowest BCUT2D eigenvalue weighted by Crippen LogP contribution is -2.37. The van der Waals surface area contributed by atoms with E-state index in [9.17, 15) is 17.6 Å². The monoisotopic (exact) mass is 459 g/mol. The van der Waals surface area contributed by atoms with Crippen molar-refractivity contribution in [3.8, 4) is 0 Å². The average Bonchev–Trinajstić information content (AvgIpc) is 2.74. The van der Waals surface area contributed by atoms with Gasteiger partial charge in [-0.15, -0.1) is 0 Å². The fourth-order valence-electron chi connectivity index (χ4n) is 3.41. The standard InChI is InChI=1S/C23H26FN3O4S/c1-16(2)19-13-18(24)14-20(27-12-8-7-11-21(27)31-3)22(19)25-23(28)26-32(29,30)15-17-9-5-4-6-10-17/h4-14,16,21H,15H2,1-3H3,(H2,25,26,28). The molecule has 1 atom stereocenters. The Kier molecular flexibility index (Phi) is 7.32. The number of urea groups is 1. The Morgan fingerprint density at radius 3 is 2.56 bits per heavy atom. The van der Waals surface area contributed by atoms with Gasteiger partial charge in [-0.25, -0.2) is 22.3 Å². The van der Waals surface area contributed by atoms with Crippen LogP contribution >= 0.6 is 0 Å². The maximum absolute atomic E-state index is 14.5. The Morgan fingerprint density at radius 1 is 1.19 bits per heavy atom. The molecule has 1 aliphatic rings. The molecule has 2 aromatic carbocycles. The average molecular weight is 460 g/mol. The van der Waals surface area contributed by atoms with Crippen LogP contribution in [0.5, 0.6) is 0 Å². The maximum atomic E-state index is 14.5. The SMILES string of the molecule is COC1C=CC=CN1c1cc(F)cc(C(C)C)c1NC(=O)NS(=O)(=O)Cc1ccccc1. The lowest BCUT2D eigenvalue weighted by molar-refractivity contribution is 0.144. The molecule has 0 spiro atoms. The van der Waals surface area contributed by atoms with E-state index in [1.54, 1.807) is 59.7 Å². The van der Waals surface area contributed by atoms with Crippen LogP contribution in [0.1, 0.15) is 30.9 Å². The molecule has 9 heteroatoms. The second-order valence-electron chi connectivity index (χ2n) is 7.60. The van der Waals surface area contributed by atoms with Gasteiger partial charge in [0, 0.05) is 13.3 Å². The summed E-state index contributed by atoms with van der Waals surface area (Å²) in [5, 5.41) is 2.62. The van der Waals surface area contributed by atoms with E-state index in [1.165, 1.54) is 19.2 Å². The van der Waals surface area contributed by atoms with Crippen LogP contribution in [0, 0.1) is 5.82 Å². The topological polar surface area (TPSA) is 87.7 Å². The van der Waals surface area contributed by atoms with Crippen molar-refractivity contribution < 1.29 is 22.3 Å². The molecule has 0 aromatic heterocycles. The number of carbonyl (C=O) groups excluding carboxylic acids is 1. The first-order chi connectivity index (χ1) is 15.2. The van der Waals surface area contributed by atoms with Crippen LogP contribution in [-0.2, 0) is 20.5 Å². The molecule has 1 unspecified atom stereocenters. The van der Waals surface area contributed by atoms with Gasteiger partial charge in [-0.2, -0.15) is 0 Å². The molecule has 32 heavy (non-hydrogen) atoms. The van der Waals surface area contributed by atoms with Crippen LogP contribution in [0.4, 0.5) is 20.6 Å². The summed E-state index contributed by atoms with van der Waals surface area (Å²) in [6, 6.07) is 10.2. The van der Waals surface area contributed by atoms with Crippen LogP contribution in [0.15, 0.2) is 66.9 Å². The van der Waals surface area contributed by atoms with Crippen LogP contribution in [-0.4, -0.2) is 27.8 Å². The largest absolute Gasteiger partial charge is 0.358 e. The van der Waals surface area contributed by atoms with Crippen LogP contribution in [0.3, 0.4) is 0 Å². The number of nitrogens with one attached hydrogen (secondary N) is 2. The zero-order chi connectivity index (χ0) is 23.3. The first-order valence-corrected chi connectivity index (χ1v) is 11.7. The number of nitrogens with zero attached hydrogens (tertiary/aromatic N) is 1. The molecule has 0 aliphatic carbocycles. The molecule has 2 aromatic rings. The van der Waals surface area contributed by atoms with Gasteiger partial charge in [0.15, 0.2) is 6.23 Å². The van der Waals surface area contributed by atoms with E-state index in [-0.39, 0.29) is 11.7 Å². The number of rotatable bonds is 7. The van der Waals surface area contributed by atoms with Gasteiger partial charge in [0.1, 0.15) is 5.82 Å². The third-order valence-corrected chi connectivity index (χ3v) is 6.06. The fourth-order valence-corrected chi connectivity index (χ4v) is 4.44. The van der Waals surface area contributed by atoms with Crippen molar-refractivity contribution in [3.63, 3.8) is 0 Å². The van der Waals surface area contributed by atoms with Crippen molar-refractivity contribution in [1.29, 1.82) is 0 Å². The predicted molar refractivity (Wildman–Crippen MR) is 123 cm³/mol. The molecule has 0 fully saturated rings. The number of amides is 2. The number of sulfonamides is 1. The first-order valence-electron chi connectivity index (χ1n) is 10.0. The highest BCUT2D eigenvalue weighted by Gasteiger charge is 2.25. The fraction of sp³-hybridized carbons (Fsp3) is 0.261. The number of allylic oxidation sites excluding steroid dienone is 2. The number of anilines is 2. The van der Waals surface area contributed by atoms with Crippen molar-refractivity contribution >= 4 is 27.4 Å². The van der Waals surface area contributed by atoms with E-state index in [0.29, 0.717) is 22.5 Å². The molecule has 0 radical (unpaired) electrons. The smallest absolute Gasteiger partial charge is 0.332 e. The summed E-state index contributed by atoms with van der Waals surface area (Å²) in [6.07, 6.45) is 6.50. The minimum absolute atomic E-state index is 0.147. The van der Waals surface area contributed by atoms with Gasteiger partial charge in [0.2, 0.25) is 10.0 Å². The van der Waals surface area contributed by atoms with Crippen LogP contribution in [0.2, 0.25) is 0 Å². The lowest BCUT2D eigenvalue weighted by Gasteiger charge is -2.32. The van der Waals surface area contributed by atoms with Crippen molar-refractivity contribution in [1.82, 2.24) is 4.72 Å². The predicted octanol–water partition coefficient (Wildman–Crippen LogP) is 4.46. The van der Waals surface area contributed by atoms with Gasteiger partial charge in [0.05, 0.1) is 17.1 Å². The molecule has 7 nitrogen and oxygen atoms in total. The Hall–Kier alpha value is -3.17. The zero-order valence-electron chi connectivity index (χ0n) is 18.1. The van der Waals surface area contributed by atoms with Gasteiger partial charge in [0.25, 0.3) is 0 Å². The second kappa shape index (κ2) is 9.97. The number of hydrogen-bond donors (Lipinski definition) is 2. The maximum Gasteiger partial charge on any atom is 0.332 e. The summed E-state index contributed by atoms with van der Waals surface area (Å²) < 4.78 is 46.9. The number of carbonyl (C=O) groups is 1. The molecule has 3 rings (SSSR count). The van der Waals surface area contributed by atoms with E-state index in [0.717, 1.165) is 0 Å². The normalized spacial score (nSPS) is 15.8. The second-order valence-corrected chi connectivity index (χ2v) is 9.33. The highest BCUT2D eigenvalue weighted by atomic mass is 32.2. The Labute approximate surface area is 187 Å². The van der Waals surface area contributed by atoms with E-state index >= 15 is 0 Å². The minimum Gasteiger partial charge on any atom is -0.358 e. The summed E-state index contributed by atoms with van der Waals surface area (Å²) in [5.74, 6) is -0.977. The summed E-state index contributed by atoms with van der Waals surface area (Å²) in [5.41, 5.74) is 1.72. The molecular formula is C23H26FN3O4S. The van der Waals surface area contributed by atoms with Crippen LogP contribution in [0.25, 0.3) is 0 Å². The Morgan fingerprint density at radius 2 is 1.91 bits per heavy atom. The number of ether oxygens (including phenoxy) is 1. The minimum atomic E-state index is -3.95. The quantitative estimate of drug-likeness (QED) is 0.638. The number of benzene rings is 2. The van der Waals surface area contributed by atoms with Crippen molar-refractivity contribution in [2.75, 3.05) is 17.3 Å². The summed E-state index contributed by atoms with van der Waals surface area (Å²) >= 11 is 0. The number of methoxy groups -OCH3 is 1. The molecule has 0 bridgehead atoms. The first kappa shape index (κ1) is 23.5. The molecule has 1 aliphatic heterocycles. The van der Waals surface area contributed by atoms with Crippen molar-refractivity contribution in [2.45, 2.75) is 31.7 Å². The van der Waals surface area contributed by atoms with Crippen LogP contribution < -0.4 is 14.9 Å². The lowest BCUT2D eigenvalue weighted by atomic mass is 9.99. The van der Waals surface area contributed by atoms with E-state index in [1.807, 2.05) is 18.6 Å². The molecule has 2 amide bonds. The molecular weight excluding hydrogens is 433 g/mol. The number of halogens is 1. The van der Waals surface area contributed by atoms with Crippen molar-refractivity contribution in [3.05, 3.63) is 83.8 Å². The Balaban J connectivity index is 1.91. The van der Waals surface area contributed by atoms with Gasteiger partial charge in [-0.1, -0.05) is 50.3 Å². The highest BCUT2D eigenvalue weighted by molar-refractivity contribution is 7.89. The van der Waals surface area contributed by atoms with Crippen molar-refractivity contribution in [2.24, 2.45) is 0 Å². The third-order valence-electron chi connectivity index (χ3n) is 4.85. The molecule has 0 saturated heterocycles. The highest BCUT2D eigenvalue weighted by Crippen LogP contribution is 2.37. The van der Waals surface area contributed by atoms with Gasteiger partial charge >= 0.3 is 6.03 Å². The number of hydrogen-bond acceptors (Lipinski definition) is 5. The summed E-state index contributed by atoms with van der Waals surface area (Å²) in [6.45, 7) is 3.71. The van der Waals surface area contributed by atoms with Gasteiger partial charge in [-0.3, -0.25) is 0 Å². The third kappa shape index (κ3) is 5.74. The molecule has 170 valence electrons. The summed E-state index contributed by atoms with van der Waals surface area (Å²) in [4.78, 5) is 14.3. The van der Waals surface area contributed by atoms with E-state index < -0.39 is 28.1 Å². The van der Waals surface area contributed by atoms with Gasteiger partial charge in [-0.05, 0) is 41.3 Å². The molecule has 2 N–H and O–H groups in total. The Bertz CT molecular complexity index is 1130. The molecule has 0 saturated carbocycles. The van der Waals surface area contributed by atoms with E-state index in [2.05, 4.69) is 5.32 Å². The molecule has 1 heterocycles.